The third-order valence-corrected chi connectivity index (χ3v) is 5.40. The molecule has 3 aliphatic rings. The molecule has 18 heavy (non-hydrogen) atoms. The van der Waals surface area contributed by atoms with E-state index in [9.17, 15) is 4.79 Å². The summed E-state index contributed by atoms with van der Waals surface area (Å²) in [7, 11) is 0. The van der Waals surface area contributed by atoms with Crippen LogP contribution in [0.1, 0.15) is 32.1 Å². The summed E-state index contributed by atoms with van der Waals surface area (Å²) in [6.45, 7) is 1.93. The van der Waals surface area contributed by atoms with E-state index in [0.29, 0.717) is 23.7 Å². The van der Waals surface area contributed by atoms with Crippen molar-refractivity contribution in [3.8, 4) is 0 Å². The van der Waals surface area contributed by atoms with Gasteiger partial charge in [-0.05, 0) is 49.9 Å². The molecule has 1 saturated heterocycles. The normalized spacial score (nSPS) is 42.8. The van der Waals surface area contributed by atoms with E-state index in [-0.39, 0.29) is 18.6 Å². The Morgan fingerprint density at radius 3 is 2.72 bits per heavy atom. The highest BCUT2D eigenvalue weighted by atomic mass is 16.3. The van der Waals surface area contributed by atoms with Gasteiger partial charge < -0.3 is 15.7 Å². The number of carbonyl (C=O) groups is 1. The molecular formula is C14H24N2O2. The minimum absolute atomic E-state index is 0.0941. The van der Waals surface area contributed by atoms with Gasteiger partial charge in [-0.25, -0.2) is 0 Å². The first kappa shape index (κ1) is 12.4. The standard InChI is InChI=1S/C14H24N2O2/c15-13-11-2-1-10(7-11)12(13)14(18)16-5-3-9(8-16)4-6-17/h9-13,17H,1-8,15H2. The Labute approximate surface area is 109 Å². The van der Waals surface area contributed by atoms with Crippen molar-refractivity contribution in [2.75, 3.05) is 19.7 Å². The first-order chi connectivity index (χ1) is 8.70. The zero-order chi connectivity index (χ0) is 12.7. The lowest BCUT2D eigenvalue weighted by molar-refractivity contribution is -0.136. The number of carbonyl (C=O) groups excluding carboxylic acids is 1. The SMILES string of the molecule is NC1C2CCC(C2)C1C(=O)N1CCC(CCO)C1. The first-order valence-corrected chi connectivity index (χ1v) is 7.36. The molecular weight excluding hydrogens is 228 g/mol. The summed E-state index contributed by atoms with van der Waals surface area (Å²) in [5.41, 5.74) is 6.24. The van der Waals surface area contributed by atoms with Crippen LogP contribution < -0.4 is 5.73 Å². The van der Waals surface area contributed by atoms with E-state index < -0.39 is 0 Å². The highest BCUT2D eigenvalue weighted by molar-refractivity contribution is 5.80. The van der Waals surface area contributed by atoms with Gasteiger partial charge in [0.15, 0.2) is 0 Å². The molecule has 0 aromatic carbocycles. The number of nitrogens with two attached hydrogens (primary N) is 1. The first-order valence-electron chi connectivity index (χ1n) is 7.36. The summed E-state index contributed by atoms with van der Waals surface area (Å²) in [4.78, 5) is 14.6. The molecule has 5 atom stereocenters. The van der Waals surface area contributed by atoms with Crippen molar-refractivity contribution in [3.63, 3.8) is 0 Å². The molecule has 1 heterocycles. The summed E-state index contributed by atoms with van der Waals surface area (Å²) in [5.74, 6) is 2.04. The van der Waals surface area contributed by atoms with E-state index in [1.807, 2.05) is 4.90 Å². The summed E-state index contributed by atoms with van der Waals surface area (Å²) in [5, 5.41) is 8.97. The second kappa shape index (κ2) is 4.82. The van der Waals surface area contributed by atoms with Crippen molar-refractivity contribution in [2.45, 2.75) is 38.1 Å². The monoisotopic (exact) mass is 252 g/mol. The topological polar surface area (TPSA) is 66.6 Å². The molecule has 4 nitrogen and oxygen atoms in total. The largest absolute Gasteiger partial charge is 0.396 e. The van der Waals surface area contributed by atoms with Crippen LogP contribution in [0.5, 0.6) is 0 Å². The Kier molecular flexibility index (Phi) is 3.32. The van der Waals surface area contributed by atoms with Crippen LogP contribution >= 0.6 is 0 Å². The minimum Gasteiger partial charge on any atom is -0.396 e. The number of fused-ring (bicyclic) bond motifs is 2. The molecule has 3 fully saturated rings. The van der Waals surface area contributed by atoms with E-state index in [2.05, 4.69) is 0 Å². The van der Waals surface area contributed by atoms with E-state index >= 15 is 0 Å². The van der Waals surface area contributed by atoms with Gasteiger partial charge in [-0.15, -0.1) is 0 Å². The maximum absolute atomic E-state index is 12.6. The molecule has 2 saturated carbocycles. The zero-order valence-electron chi connectivity index (χ0n) is 10.9. The van der Waals surface area contributed by atoms with E-state index in [1.54, 1.807) is 0 Å². The molecule has 5 unspecified atom stereocenters. The number of likely N-dealkylation sites (tertiary alicyclic amines) is 1. The van der Waals surface area contributed by atoms with Crippen LogP contribution in [0.25, 0.3) is 0 Å². The third kappa shape index (κ3) is 1.95. The fraction of sp³-hybridized carbons (Fsp3) is 0.929. The zero-order valence-corrected chi connectivity index (χ0v) is 10.9. The van der Waals surface area contributed by atoms with Crippen molar-refractivity contribution in [2.24, 2.45) is 29.4 Å². The van der Waals surface area contributed by atoms with E-state index in [4.69, 9.17) is 10.8 Å². The maximum atomic E-state index is 12.6. The summed E-state index contributed by atoms with van der Waals surface area (Å²) >= 11 is 0. The van der Waals surface area contributed by atoms with Crippen LogP contribution in [0.15, 0.2) is 0 Å². The molecule has 1 aliphatic heterocycles. The number of aliphatic hydroxyl groups excluding tert-OH is 1. The van der Waals surface area contributed by atoms with Gasteiger partial charge in [0.25, 0.3) is 0 Å². The highest BCUT2D eigenvalue weighted by Gasteiger charge is 2.50. The molecule has 3 rings (SSSR count). The van der Waals surface area contributed by atoms with E-state index in [1.165, 1.54) is 19.3 Å². The number of nitrogens with zero attached hydrogens (tertiary/aromatic N) is 1. The van der Waals surface area contributed by atoms with Gasteiger partial charge in [-0.1, -0.05) is 0 Å². The number of hydrogen-bond acceptors (Lipinski definition) is 3. The quantitative estimate of drug-likeness (QED) is 0.772. The smallest absolute Gasteiger partial charge is 0.227 e. The Hall–Kier alpha value is -0.610. The average Bonchev–Trinajstić information content (AvgIpc) is 3.03. The van der Waals surface area contributed by atoms with Gasteiger partial charge in [0.2, 0.25) is 5.91 Å². The van der Waals surface area contributed by atoms with Gasteiger partial charge in [-0.2, -0.15) is 0 Å². The number of amides is 1. The molecule has 0 aromatic rings. The molecule has 1 amide bonds. The van der Waals surface area contributed by atoms with Crippen molar-refractivity contribution in [1.29, 1.82) is 0 Å². The van der Waals surface area contributed by atoms with Crippen LogP contribution in [0.3, 0.4) is 0 Å². The van der Waals surface area contributed by atoms with Crippen molar-refractivity contribution in [3.05, 3.63) is 0 Å². The second-order valence-electron chi connectivity index (χ2n) is 6.39. The van der Waals surface area contributed by atoms with Gasteiger partial charge in [-0.3, -0.25) is 4.79 Å². The third-order valence-electron chi connectivity index (χ3n) is 5.40. The van der Waals surface area contributed by atoms with E-state index in [0.717, 1.165) is 25.9 Å². The number of rotatable bonds is 3. The Balaban J connectivity index is 1.62. The fourth-order valence-electron chi connectivity index (χ4n) is 4.36. The molecule has 2 bridgehead atoms. The summed E-state index contributed by atoms with van der Waals surface area (Å²) in [6, 6.07) is 0.105. The molecule has 0 aromatic heterocycles. The molecule has 102 valence electrons. The van der Waals surface area contributed by atoms with Crippen LogP contribution in [0.2, 0.25) is 0 Å². The van der Waals surface area contributed by atoms with Crippen LogP contribution in [-0.4, -0.2) is 41.7 Å². The van der Waals surface area contributed by atoms with Gasteiger partial charge in [0.1, 0.15) is 0 Å². The van der Waals surface area contributed by atoms with Crippen molar-refractivity contribution < 1.29 is 9.90 Å². The lowest BCUT2D eigenvalue weighted by Crippen LogP contribution is -2.46. The van der Waals surface area contributed by atoms with Crippen LogP contribution in [-0.2, 0) is 4.79 Å². The van der Waals surface area contributed by atoms with Crippen molar-refractivity contribution >= 4 is 5.91 Å². The van der Waals surface area contributed by atoms with Crippen molar-refractivity contribution in [1.82, 2.24) is 4.90 Å². The summed E-state index contributed by atoms with van der Waals surface area (Å²) in [6.07, 6.45) is 5.46. The molecule has 0 spiro atoms. The maximum Gasteiger partial charge on any atom is 0.227 e. The predicted octanol–water partition coefficient (Wildman–Crippen LogP) is 0.591. The Morgan fingerprint density at radius 2 is 2.06 bits per heavy atom. The van der Waals surface area contributed by atoms with Gasteiger partial charge in [0.05, 0.1) is 5.92 Å². The molecule has 2 aliphatic carbocycles. The minimum atomic E-state index is 0.0941. The fourth-order valence-corrected chi connectivity index (χ4v) is 4.36. The van der Waals surface area contributed by atoms with Crippen LogP contribution in [0, 0.1) is 23.7 Å². The predicted molar refractivity (Wildman–Crippen MR) is 68.7 cm³/mol. The lowest BCUT2D eigenvalue weighted by atomic mass is 9.84. The number of hydrogen-bond donors (Lipinski definition) is 2. The highest BCUT2D eigenvalue weighted by Crippen LogP contribution is 2.48. The molecule has 0 radical (unpaired) electrons. The number of aliphatic hydroxyl groups is 1. The molecule has 4 heteroatoms. The van der Waals surface area contributed by atoms with Crippen LogP contribution in [0.4, 0.5) is 0 Å². The average molecular weight is 252 g/mol. The molecule has 3 N–H and O–H groups in total. The van der Waals surface area contributed by atoms with Gasteiger partial charge >= 0.3 is 0 Å². The van der Waals surface area contributed by atoms with Gasteiger partial charge in [0, 0.05) is 25.7 Å². The second-order valence-corrected chi connectivity index (χ2v) is 6.39. The Morgan fingerprint density at radius 1 is 1.28 bits per heavy atom. The Bertz CT molecular complexity index is 332. The lowest BCUT2D eigenvalue weighted by Gasteiger charge is -2.30. The summed E-state index contributed by atoms with van der Waals surface area (Å²) < 4.78 is 0.